The summed E-state index contributed by atoms with van der Waals surface area (Å²) in [6.45, 7) is 8.35. The summed E-state index contributed by atoms with van der Waals surface area (Å²) >= 11 is 1.72. The van der Waals surface area contributed by atoms with Crippen molar-refractivity contribution in [3.05, 3.63) is 0 Å². The van der Waals surface area contributed by atoms with Crippen molar-refractivity contribution >= 4 is 18.0 Å². The van der Waals surface area contributed by atoms with Gasteiger partial charge < -0.3 is 4.79 Å². The van der Waals surface area contributed by atoms with E-state index in [2.05, 4.69) is 27.7 Å². The van der Waals surface area contributed by atoms with Gasteiger partial charge >= 0.3 is 0 Å². The van der Waals surface area contributed by atoms with Crippen LogP contribution in [0.1, 0.15) is 27.7 Å². The van der Waals surface area contributed by atoms with Crippen molar-refractivity contribution in [2.75, 3.05) is 5.75 Å². The number of carbonyl (C=O) groups excluding carboxylic acids is 1. The second kappa shape index (κ2) is 4.02. The average molecular weight is 160 g/mol. The third-order valence-corrected chi connectivity index (χ3v) is 2.83. The first-order valence-corrected chi connectivity index (χ1v) is 4.64. The predicted molar refractivity (Wildman–Crippen MR) is 47.4 cm³/mol. The molecule has 0 saturated carbocycles. The van der Waals surface area contributed by atoms with E-state index in [9.17, 15) is 4.79 Å². The molecule has 0 aromatic rings. The molecule has 1 unspecified atom stereocenters. The van der Waals surface area contributed by atoms with Gasteiger partial charge in [0.1, 0.15) is 6.29 Å². The zero-order valence-corrected chi connectivity index (χ0v) is 7.99. The Kier molecular flexibility index (Phi) is 4.02. The van der Waals surface area contributed by atoms with E-state index < -0.39 is 0 Å². The molecule has 0 aliphatic carbocycles. The minimum Gasteiger partial charge on any atom is -0.302 e. The number of carbonyl (C=O) groups is 1. The van der Waals surface area contributed by atoms with E-state index in [1.165, 1.54) is 0 Å². The van der Waals surface area contributed by atoms with E-state index in [1.807, 2.05) is 0 Å². The number of hydrogen-bond acceptors (Lipinski definition) is 2. The minimum atomic E-state index is 0.114. The quantitative estimate of drug-likeness (QED) is 0.589. The maximum absolute atomic E-state index is 10.5. The Hall–Kier alpha value is 0.0200. The van der Waals surface area contributed by atoms with Gasteiger partial charge in [0.25, 0.3) is 0 Å². The zero-order chi connectivity index (χ0) is 8.20. The lowest BCUT2D eigenvalue weighted by Gasteiger charge is -2.24. The van der Waals surface area contributed by atoms with E-state index in [1.54, 1.807) is 11.8 Å². The molecular formula is C8H16OS. The Balaban J connectivity index is 3.93. The zero-order valence-electron chi connectivity index (χ0n) is 7.18. The highest BCUT2D eigenvalue weighted by molar-refractivity contribution is 8.00. The molecule has 0 radical (unpaired) electrons. The van der Waals surface area contributed by atoms with Crippen LogP contribution in [0.4, 0.5) is 0 Å². The lowest BCUT2D eigenvalue weighted by Crippen LogP contribution is -2.24. The van der Waals surface area contributed by atoms with Crippen LogP contribution in [0.15, 0.2) is 0 Å². The first-order chi connectivity index (χ1) is 4.52. The molecule has 0 saturated heterocycles. The maximum Gasteiger partial charge on any atom is 0.133 e. The maximum atomic E-state index is 10.5. The van der Waals surface area contributed by atoms with E-state index in [-0.39, 0.29) is 10.7 Å². The van der Waals surface area contributed by atoms with Crippen LogP contribution in [-0.4, -0.2) is 17.3 Å². The van der Waals surface area contributed by atoms with Crippen molar-refractivity contribution in [3.63, 3.8) is 0 Å². The van der Waals surface area contributed by atoms with Gasteiger partial charge in [-0.25, -0.2) is 0 Å². The molecule has 0 aromatic heterocycles. The normalized spacial score (nSPS) is 14.8. The summed E-state index contributed by atoms with van der Waals surface area (Å²) in [6, 6.07) is 0. The fraction of sp³-hybridized carbons (Fsp3) is 0.875. The summed E-state index contributed by atoms with van der Waals surface area (Å²) in [5.41, 5.74) is 0.114. The molecular weight excluding hydrogens is 144 g/mol. The molecule has 2 heteroatoms. The molecule has 0 fully saturated rings. The van der Waals surface area contributed by atoms with E-state index in [0.717, 1.165) is 12.0 Å². The SMILES string of the molecule is CCSC(C=O)C(C)(C)C. The molecule has 60 valence electrons. The van der Waals surface area contributed by atoms with Crippen molar-refractivity contribution in [1.82, 2.24) is 0 Å². The van der Waals surface area contributed by atoms with Crippen LogP contribution in [0, 0.1) is 5.41 Å². The number of aldehydes is 1. The van der Waals surface area contributed by atoms with Crippen LogP contribution >= 0.6 is 11.8 Å². The smallest absolute Gasteiger partial charge is 0.133 e. The van der Waals surface area contributed by atoms with Crippen molar-refractivity contribution in [2.45, 2.75) is 32.9 Å². The highest BCUT2D eigenvalue weighted by Crippen LogP contribution is 2.28. The van der Waals surface area contributed by atoms with Crippen molar-refractivity contribution in [1.29, 1.82) is 0 Å². The Labute approximate surface area is 67.6 Å². The van der Waals surface area contributed by atoms with Gasteiger partial charge in [0.2, 0.25) is 0 Å². The molecule has 0 bridgehead atoms. The van der Waals surface area contributed by atoms with Gasteiger partial charge in [0.05, 0.1) is 5.25 Å². The molecule has 1 nitrogen and oxygen atoms in total. The second-order valence-electron chi connectivity index (χ2n) is 3.38. The fourth-order valence-electron chi connectivity index (χ4n) is 0.673. The molecule has 0 amide bonds. The van der Waals surface area contributed by atoms with Gasteiger partial charge in [-0.3, -0.25) is 0 Å². The first-order valence-electron chi connectivity index (χ1n) is 3.59. The molecule has 0 aliphatic heterocycles. The number of rotatable bonds is 3. The van der Waals surface area contributed by atoms with Crippen LogP contribution in [0.5, 0.6) is 0 Å². The summed E-state index contributed by atoms with van der Waals surface area (Å²) in [7, 11) is 0. The summed E-state index contributed by atoms with van der Waals surface area (Å²) in [4.78, 5) is 10.5. The van der Waals surface area contributed by atoms with Gasteiger partial charge in [0, 0.05) is 0 Å². The molecule has 10 heavy (non-hydrogen) atoms. The molecule has 0 heterocycles. The monoisotopic (exact) mass is 160 g/mol. The molecule has 1 atom stereocenters. The van der Waals surface area contributed by atoms with Crippen LogP contribution < -0.4 is 0 Å². The van der Waals surface area contributed by atoms with E-state index >= 15 is 0 Å². The fourth-order valence-corrected chi connectivity index (χ4v) is 1.61. The Morgan fingerprint density at radius 1 is 1.50 bits per heavy atom. The summed E-state index contributed by atoms with van der Waals surface area (Å²) in [6.07, 6.45) is 1.05. The van der Waals surface area contributed by atoms with Crippen LogP contribution in [0.3, 0.4) is 0 Å². The van der Waals surface area contributed by atoms with Gasteiger partial charge in [-0.15, -0.1) is 0 Å². The second-order valence-corrected chi connectivity index (χ2v) is 4.80. The molecule has 0 N–H and O–H groups in total. The highest BCUT2D eigenvalue weighted by Gasteiger charge is 2.23. The third-order valence-electron chi connectivity index (χ3n) is 1.32. The lowest BCUT2D eigenvalue weighted by atomic mass is 9.93. The Morgan fingerprint density at radius 2 is 2.00 bits per heavy atom. The van der Waals surface area contributed by atoms with Gasteiger partial charge in [-0.1, -0.05) is 27.7 Å². The van der Waals surface area contributed by atoms with Crippen molar-refractivity contribution < 1.29 is 4.79 Å². The third kappa shape index (κ3) is 3.25. The van der Waals surface area contributed by atoms with E-state index in [0.29, 0.717) is 0 Å². The average Bonchev–Trinajstić information content (AvgIpc) is 1.80. The minimum absolute atomic E-state index is 0.114. The van der Waals surface area contributed by atoms with Crippen molar-refractivity contribution in [3.8, 4) is 0 Å². The summed E-state index contributed by atoms with van der Waals surface area (Å²) in [5.74, 6) is 1.01. The molecule has 0 spiro atoms. The largest absolute Gasteiger partial charge is 0.302 e. The molecule has 0 rings (SSSR count). The Morgan fingerprint density at radius 3 is 2.10 bits per heavy atom. The van der Waals surface area contributed by atoms with Gasteiger partial charge in [-0.05, 0) is 11.2 Å². The summed E-state index contributed by atoms with van der Waals surface area (Å²) < 4.78 is 0. The molecule has 0 aromatic carbocycles. The molecule has 0 aliphatic rings. The van der Waals surface area contributed by atoms with Crippen LogP contribution in [0.2, 0.25) is 0 Å². The standard InChI is InChI=1S/C8H16OS/c1-5-10-7(6-9)8(2,3)4/h6-7H,5H2,1-4H3. The van der Waals surface area contributed by atoms with Crippen LogP contribution in [-0.2, 0) is 4.79 Å². The predicted octanol–water partition coefficient (Wildman–Crippen LogP) is 2.35. The van der Waals surface area contributed by atoms with Gasteiger partial charge in [0.15, 0.2) is 0 Å². The number of hydrogen-bond donors (Lipinski definition) is 0. The highest BCUT2D eigenvalue weighted by atomic mass is 32.2. The first kappa shape index (κ1) is 10.0. The van der Waals surface area contributed by atoms with E-state index in [4.69, 9.17) is 0 Å². The summed E-state index contributed by atoms with van der Waals surface area (Å²) in [5, 5.41) is 0.150. The Bertz CT molecular complexity index is 104. The van der Waals surface area contributed by atoms with Gasteiger partial charge in [-0.2, -0.15) is 11.8 Å². The number of thioether (sulfide) groups is 1. The topological polar surface area (TPSA) is 17.1 Å². The van der Waals surface area contributed by atoms with Crippen LogP contribution in [0.25, 0.3) is 0 Å². The lowest BCUT2D eigenvalue weighted by molar-refractivity contribution is -0.108. The van der Waals surface area contributed by atoms with Crippen molar-refractivity contribution in [2.24, 2.45) is 5.41 Å².